The molecule has 2 nitrogen and oxygen atoms in total. The molecule has 0 unspecified atom stereocenters. The summed E-state index contributed by atoms with van der Waals surface area (Å²) >= 11 is 1.66. The summed E-state index contributed by atoms with van der Waals surface area (Å²) in [6.07, 6.45) is 2.04. The molecule has 0 saturated heterocycles. The molecule has 0 amide bonds. The fourth-order valence-electron chi connectivity index (χ4n) is 0.692. The molecule has 1 heterocycles. The van der Waals surface area contributed by atoms with Crippen molar-refractivity contribution >= 4 is 11.3 Å². The zero-order valence-corrected chi connectivity index (χ0v) is 6.56. The van der Waals surface area contributed by atoms with Gasteiger partial charge in [0, 0.05) is 7.05 Å². The van der Waals surface area contributed by atoms with Crippen LogP contribution in [0.2, 0.25) is 0 Å². The smallest absolute Gasteiger partial charge is 0.179 e. The normalized spacial score (nSPS) is 8.80. The summed E-state index contributed by atoms with van der Waals surface area (Å²) in [7, 11) is 1.78. The van der Waals surface area contributed by atoms with E-state index in [1.165, 1.54) is 5.56 Å². The van der Waals surface area contributed by atoms with Crippen LogP contribution in [0, 0.1) is 11.5 Å². The number of hydrogen-bond acceptors (Lipinski definition) is 3. The molecule has 0 aromatic carbocycles. The van der Waals surface area contributed by atoms with Crippen molar-refractivity contribution in [3.05, 3.63) is 22.4 Å². The van der Waals surface area contributed by atoms with Crippen LogP contribution in [0.25, 0.3) is 0 Å². The van der Waals surface area contributed by atoms with E-state index in [1.807, 2.05) is 23.0 Å². The van der Waals surface area contributed by atoms with Gasteiger partial charge in [-0.2, -0.15) is 16.6 Å². The number of rotatable bonds is 2. The van der Waals surface area contributed by atoms with Gasteiger partial charge in [-0.1, -0.05) is 0 Å². The molecule has 0 aliphatic carbocycles. The first-order chi connectivity index (χ1) is 4.83. The van der Waals surface area contributed by atoms with E-state index in [0.29, 0.717) is 0 Å². The predicted molar refractivity (Wildman–Crippen MR) is 41.4 cm³/mol. The Hall–Kier alpha value is -1.01. The Balaban J connectivity index is 2.50. The van der Waals surface area contributed by atoms with Gasteiger partial charge < -0.3 is 4.90 Å². The summed E-state index contributed by atoms with van der Waals surface area (Å²) in [5, 5.41) is 12.5. The minimum atomic E-state index is 0.722. The number of nitrogens with zero attached hydrogens (tertiary/aromatic N) is 2. The first kappa shape index (κ1) is 7.10. The molecule has 10 heavy (non-hydrogen) atoms. The van der Waals surface area contributed by atoms with Gasteiger partial charge in [-0.05, 0) is 22.4 Å². The molecule has 0 fully saturated rings. The highest BCUT2D eigenvalue weighted by molar-refractivity contribution is 7.07. The third kappa shape index (κ3) is 1.74. The Labute approximate surface area is 64.3 Å². The van der Waals surface area contributed by atoms with Crippen LogP contribution in [0.4, 0.5) is 0 Å². The van der Waals surface area contributed by atoms with Crippen LogP contribution in [0.15, 0.2) is 16.8 Å². The van der Waals surface area contributed by atoms with E-state index < -0.39 is 0 Å². The van der Waals surface area contributed by atoms with Crippen molar-refractivity contribution in [3.63, 3.8) is 0 Å². The lowest BCUT2D eigenvalue weighted by Gasteiger charge is -2.04. The van der Waals surface area contributed by atoms with Gasteiger partial charge in [0.25, 0.3) is 0 Å². The zero-order valence-electron chi connectivity index (χ0n) is 5.74. The number of hydrogen-bond donors (Lipinski definition) is 0. The fraction of sp³-hybridized carbons (Fsp3) is 0.286. The lowest BCUT2D eigenvalue weighted by atomic mass is 10.3. The highest BCUT2D eigenvalue weighted by Crippen LogP contribution is 2.07. The van der Waals surface area contributed by atoms with Crippen molar-refractivity contribution in [3.8, 4) is 6.19 Å². The lowest BCUT2D eigenvalue weighted by molar-refractivity contribution is 0.470. The molecule has 3 heteroatoms. The minimum absolute atomic E-state index is 0.722. The standard InChI is InChI=1S/C7H8N2S/c1-9(6-8)4-7-2-3-10-5-7/h2-3,5H,4H2,1H3. The van der Waals surface area contributed by atoms with Crippen molar-refractivity contribution in [2.45, 2.75) is 6.54 Å². The topological polar surface area (TPSA) is 27.0 Å². The minimum Gasteiger partial charge on any atom is -0.309 e. The van der Waals surface area contributed by atoms with Crippen molar-refractivity contribution < 1.29 is 0 Å². The SMILES string of the molecule is CN(C#N)Cc1ccsc1. The van der Waals surface area contributed by atoms with Crippen LogP contribution in [0.5, 0.6) is 0 Å². The monoisotopic (exact) mass is 152 g/mol. The molecular weight excluding hydrogens is 144 g/mol. The Bertz CT molecular complexity index is 222. The first-order valence-electron chi connectivity index (χ1n) is 2.95. The van der Waals surface area contributed by atoms with Gasteiger partial charge in [-0.15, -0.1) is 0 Å². The van der Waals surface area contributed by atoms with Crippen LogP contribution in [-0.2, 0) is 6.54 Å². The maximum Gasteiger partial charge on any atom is 0.179 e. The van der Waals surface area contributed by atoms with E-state index in [-0.39, 0.29) is 0 Å². The molecule has 0 atom stereocenters. The average Bonchev–Trinajstić information content (AvgIpc) is 2.40. The molecule has 1 rings (SSSR count). The maximum atomic E-state index is 8.41. The second-order valence-electron chi connectivity index (χ2n) is 2.09. The summed E-state index contributed by atoms with van der Waals surface area (Å²) in [6, 6.07) is 2.03. The van der Waals surface area contributed by atoms with E-state index >= 15 is 0 Å². The van der Waals surface area contributed by atoms with Gasteiger partial charge >= 0.3 is 0 Å². The molecule has 0 saturated carbocycles. The second kappa shape index (κ2) is 3.23. The van der Waals surface area contributed by atoms with E-state index in [0.717, 1.165) is 6.54 Å². The highest BCUT2D eigenvalue weighted by atomic mass is 32.1. The summed E-state index contributed by atoms with van der Waals surface area (Å²) < 4.78 is 0. The molecule has 0 aliphatic heterocycles. The average molecular weight is 152 g/mol. The number of nitriles is 1. The first-order valence-corrected chi connectivity index (χ1v) is 3.89. The third-order valence-electron chi connectivity index (χ3n) is 1.17. The van der Waals surface area contributed by atoms with Gasteiger partial charge in [0.2, 0.25) is 0 Å². The Morgan fingerprint density at radius 2 is 2.60 bits per heavy atom. The van der Waals surface area contributed by atoms with Crippen molar-refractivity contribution in [1.82, 2.24) is 4.90 Å². The maximum absolute atomic E-state index is 8.41. The van der Waals surface area contributed by atoms with Gasteiger partial charge in [0.15, 0.2) is 6.19 Å². The molecule has 0 N–H and O–H groups in total. The zero-order chi connectivity index (χ0) is 7.40. The van der Waals surface area contributed by atoms with Gasteiger partial charge in [-0.25, -0.2) is 0 Å². The second-order valence-corrected chi connectivity index (χ2v) is 2.87. The van der Waals surface area contributed by atoms with E-state index in [9.17, 15) is 0 Å². The molecule has 0 spiro atoms. The van der Waals surface area contributed by atoms with Gasteiger partial charge in [0.05, 0.1) is 6.54 Å². The van der Waals surface area contributed by atoms with Crippen molar-refractivity contribution in [1.29, 1.82) is 5.26 Å². The lowest BCUT2D eigenvalue weighted by Crippen LogP contribution is -2.08. The number of thiophene rings is 1. The van der Waals surface area contributed by atoms with Crippen LogP contribution < -0.4 is 0 Å². The summed E-state index contributed by atoms with van der Waals surface area (Å²) in [5.74, 6) is 0. The van der Waals surface area contributed by atoms with Crippen molar-refractivity contribution in [2.24, 2.45) is 0 Å². The summed E-state index contributed by atoms with van der Waals surface area (Å²) in [6.45, 7) is 0.722. The van der Waals surface area contributed by atoms with E-state index in [4.69, 9.17) is 5.26 Å². The molecule has 1 aromatic heterocycles. The molecule has 52 valence electrons. The molecule has 0 radical (unpaired) electrons. The van der Waals surface area contributed by atoms with E-state index in [1.54, 1.807) is 23.3 Å². The molecular formula is C7H8N2S. The molecule has 1 aromatic rings. The largest absolute Gasteiger partial charge is 0.309 e. The Kier molecular flexibility index (Phi) is 2.30. The Morgan fingerprint density at radius 3 is 3.10 bits per heavy atom. The fourth-order valence-corrected chi connectivity index (χ4v) is 1.35. The van der Waals surface area contributed by atoms with Gasteiger partial charge in [0.1, 0.15) is 0 Å². The summed E-state index contributed by atoms with van der Waals surface area (Å²) in [4.78, 5) is 1.60. The van der Waals surface area contributed by atoms with Crippen molar-refractivity contribution in [2.75, 3.05) is 7.05 Å². The molecule has 0 aliphatic rings. The Morgan fingerprint density at radius 1 is 1.80 bits per heavy atom. The van der Waals surface area contributed by atoms with Crippen LogP contribution in [-0.4, -0.2) is 11.9 Å². The van der Waals surface area contributed by atoms with Crippen LogP contribution in [0.3, 0.4) is 0 Å². The van der Waals surface area contributed by atoms with Gasteiger partial charge in [-0.3, -0.25) is 0 Å². The van der Waals surface area contributed by atoms with Crippen LogP contribution >= 0.6 is 11.3 Å². The quantitative estimate of drug-likeness (QED) is 0.476. The third-order valence-corrected chi connectivity index (χ3v) is 1.90. The summed E-state index contributed by atoms with van der Waals surface area (Å²) in [5.41, 5.74) is 1.20. The molecule has 0 bridgehead atoms. The highest BCUT2D eigenvalue weighted by Gasteiger charge is 1.95. The van der Waals surface area contributed by atoms with Crippen LogP contribution in [0.1, 0.15) is 5.56 Å². The predicted octanol–water partition coefficient (Wildman–Crippen LogP) is 1.66. The van der Waals surface area contributed by atoms with E-state index in [2.05, 4.69) is 0 Å².